The summed E-state index contributed by atoms with van der Waals surface area (Å²) >= 11 is 0.415. The zero-order chi connectivity index (χ0) is 23.7. The summed E-state index contributed by atoms with van der Waals surface area (Å²) in [4.78, 5) is 15.6. The number of thioether (sulfide) groups is 1. The summed E-state index contributed by atoms with van der Waals surface area (Å²) < 4.78 is 71.9. The number of methoxy groups -OCH3 is 1. The number of hydrogen-bond donors (Lipinski definition) is 1. The Morgan fingerprint density at radius 1 is 1.25 bits per heavy atom. The average molecular weight is 472 g/mol. The molecule has 0 spiro atoms. The number of ether oxygens (including phenoxy) is 1. The molecule has 0 bridgehead atoms. The Labute approximate surface area is 183 Å². The van der Waals surface area contributed by atoms with Gasteiger partial charge in [0.25, 0.3) is 0 Å². The molecule has 0 unspecified atom stereocenters. The molecule has 3 rings (SSSR count). The van der Waals surface area contributed by atoms with Gasteiger partial charge < -0.3 is 10.1 Å². The van der Waals surface area contributed by atoms with E-state index in [1.165, 1.54) is 24.3 Å². The Bertz CT molecular complexity index is 1070. The van der Waals surface area contributed by atoms with E-state index in [1.807, 2.05) is 0 Å². The molecule has 0 aliphatic carbocycles. The molecule has 0 radical (unpaired) electrons. The largest absolute Gasteiger partial charge is 0.493 e. The number of carbonyl (C=O) groups is 1. The summed E-state index contributed by atoms with van der Waals surface area (Å²) in [5.41, 5.74) is 8.98. The second kappa shape index (κ2) is 8.87. The van der Waals surface area contributed by atoms with Crippen molar-refractivity contribution >= 4 is 29.0 Å². The summed E-state index contributed by atoms with van der Waals surface area (Å²) in [6, 6.07) is 7.64. The molecular formula is C20H17F5N4O2S. The lowest BCUT2D eigenvalue weighted by Gasteiger charge is -2.26. The van der Waals surface area contributed by atoms with Crippen LogP contribution in [0.2, 0.25) is 0 Å². The van der Waals surface area contributed by atoms with E-state index in [1.54, 1.807) is 0 Å². The van der Waals surface area contributed by atoms with Crippen molar-refractivity contribution in [3.8, 4) is 5.75 Å². The van der Waals surface area contributed by atoms with Gasteiger partial charge in [0, 0.05) is 27.8 Å². The number of azide groups is 1. The maximum Gasteiger partial charge on any atom is 0.403 e. The van der Waals surface area contributed by atoms with Crippen molar-refractivity contribution in [1.29, 1.82) is 0 Å². The van der Waals surface area contributed by atoms with Crippen LogP contribution in [-0.2, 0) is 4.79 Å². The Hall–Kier alpha value is -2.98. The van der Waals surface area contributed by atoms with Gasteiger partial charge in [-0.2, -0.15) is 17.6 Å². The zero-order valence-electron chi connectivity index (χ0n) is 16.8. The van der Waals surface area contributed by atoms with Gasteiger partial charge in [0.1, 0.15) is 4.75 Å². The second-order valence-electron chi connectivity index (χ2n) is 7.29. The van der Waals surface area contributed by atoms with Crippen molar-refractivity contribution in [2.75, 3.05) is 12.4 Å². The van der Waals surface area contributed by atoms with Crippen LogP contribution in [0.5, 0.6) is 5.75 Å². The van der Waals surface area contributed by atoms with Crippen LogP contribution in [0.4, 0.5) is 33.3 Å². The van der Waals surface area contributed by atoms with Crippen LogP contribution >= 0.6 is 11.8 Å². The number of anilines is 1. The smallest absolute Gasteiger partial charge is 0.403 e. The van der Waals surface area contributed by atoms with Gasteiger partial charge in [0.05, 0.1) is 12.4 Å². The standard InChI is InChI=1S/C20H17F5N4O2S/c1-19(20(23,24)25)9-13(12-7-8-14(21)15(22)16(12)31-2)17(32-19)18(30)27-10-3-5-11(6-4-10)28-29-26/h3-8,13,17H,9H2,1-2H3,(H,27,30)/t13-,17+,19+/m0/s1. The van der Waals surface area contributed by atoms with Crippen LogP contribution in [0, 0.1) is 11.6 Å². The van der Waals surface area contributed by atoms with Gasteiger partial charge in [-0.25, -0.2) is 4.39 Å². The number of halogens is 5. The quantitative estimate of drug-likeness (QED) is 0.234. The highest BCUT2D eigenvalue weighted by molar-refractivity contribution is 8.02. The molecule has 3 atom stereocenters. The fourth-order valence-corrected chi connectivity index (χ4v) is 5.09. The first-order chi connectivity index (χ1) is 15.0. The lowest BCUT2D eigenvalue weighted by atomic mass is 9.85. The minimum absolute atomic E-state index is 0.0225. The van der Waals surface area contributed by atoms with Gasteiger partial charge in [-0.05, 0) is 37.1 Å². The van der Waals surface area contributed by atoms with Gasteiger partial charge >= 0.3 is 6.18 Å². The molecule has 12 heteroatoms. The lowest BCUT2D eigenvalue weighted by molar-refractivity contribution is -0.155. The molecule has 1 fully saturated rings. The fraction of sp³-hybridized carbons (Fsp3) is 0.350. The van der Waals surface area contributed by atoms with E-state index in [4.69, 9.17) is 10.3 Å². The second-order valence-corrected chi connectivity index (χ2v) is 8.93. The van der Waals surface area contributed by atoms with Gasteiger partial charge in [-0.15, -0.1) is 11.8 Å². The van der Waals surface area contributed by atoms with Gasteiger partial charge in [-0.3, -0.25) is 4.79 Å². The highest BCUT2D eigenvalue weighted by atomic mass is 32.2. The number of carbonyl (C=O) groups excluding carboxylic acids is 1. The Morgan fingerprint density at radius 2 is 1.91 bits per heavy atom. The number of nitrogens with one attached hydrogen (secondary N) is 1. The first kappa shape index (κ1) is 23.7. The van der Waals surface area contributed by atoms with Crippen molar-refractivity contribution in [3.63, 3.8) is 0 Å². The molecule has 2 aromatic carbocycles. The highest BCUT2D eigenvalue weighted by Gasteiger charge is 2.60. The predicted octanol–water partition coefficient (Wildman–Crippen LogP) is 6.46. The minimum atomic E-state index is -4.65. The van der Waals surface area contributed by atoms with Crippen molar-refractivity contribution < 1.29 is 31.5 Å². The number of alkyl halides is 3. The van der Waals surface area contributed by atoms with Crippen molar-refractivity contribution in [2.45, 2.75) is 35.4 Å². The zero-order valence-corrected chi connectivity index (χ0v) is 17.6. The van der Waals surface area contributed by atoms with E-state index in [2.05, 4.69) is 15.3 Å². The molecule has 1 aliphatic rings. The molecule has 1 N–H and O–H groups in total. The van der Waals surface area contributed by atoms with Crippen molar-refractivity contribution in [1.82, 2.24) is 0 Å². The maximum atomic E-state index is 14.3. The van der Waals surface area contributed by atoms with Gasteiger partial charge in [0.2, 0.25) is 11.7 Å². The van der Waals surface area contributed by atoms with Crippen LogP contribution in [0.1, 0.15) is 24.8 Å². The number of benzene rings is 2. The van der Waals surface area contributed by atoms with E-state index in [0.717, 1.165) is 26.2 Å². The van der Waals surface area contributed by atoms with E-state index in [0.29, 0.717) is 11.8 Å². The fourth-order valence-electron chi connectivity index (χ4n) is 3.55. The lowest BCUT2D eigenvalue weighted by Crippen LogP contribution is -2.37. The van der Waals surface area contributed by atoms with Crippen LogP contribution in [-0.4, -0.2) is 29.2 Å². The Morgan fingerprint density at radius 3 is 2.47 bits per heavy atom. The Kier molecular flexibility index (Phi) is 6.56. The molecule has 2 aromatic rings. The van der Waals surface area contributed by atoms with Crippen LogP contribution in [0.3, 0.4) is 0 Å². The summed E-state index contributed by atoms with van der Waals surface area (Å²) in [5, 5.41) is 4.66. The van der Waals surface area contributed by atoms with E-state index < -0.39 is 51.8 Å². The third-order valence-corrected chi connectivity index (χ3v) is 6.91. The van der Waals surface area contributed by atoms with Crippen molar-refractivity contribution in [3.05, 3.63) is 64.0 Å². The minimum Gasteiger partial charge on any atom is -0.493 e. The van der Waals surface area contributed by atoms with E-state index >= 15 is 0 Å². The molecule has 32 heavy (non-hydrogen) atoms. The highest BCUT2D eigenvalue weighted by Crippen LogP contribution is 2.59. The van der Waals surface area contributed by atoms with E-state index in [9.17, 15) is 26.7 Å². The molecular weight excluding hydrogens is 455 g/mol. The summed E-state index contributed by atoms with van der Waals surface area (Å²) in [6.07, 6.45) is -5.18. The monoisotopic (exact) mass is 472 g/mol. The number of amides is 1. The number of rotatable bonds is 5. The third-order valence-electron chi connectivity index (χ3n) is 5.20. The number of nitrogens with zero attached hydrogens (tertiary/aromatic N) is 3. The van der Waals surface area contributed by atoms with Gasteiger partial charge in [-0.1, -0.05) is 23.3 Å². The molecule has 1 aliphatic heterocycles. The first-order valence-electron chi connectivity index (χ1n) is 9.23. The topological polar surface area (TPSA) is 87.1 Å². The Balaban J connectivity index is 1.98. The van der Waals surface area contributed by atoms with Crippen LogP contribution in [0.15, 0.2) is 41.5 Å². The SMILES string of the molecule is COc1c([C@@H]2C[C@](C)(C(F)(F)F)S[C@H]2C(=O)Nc2ccc(N=[N+]=[N-])cc2)ccc(F)c1F. The average Bonchev–Trinajstić information content (AvgIpc) is 3.10. The molecule has 170 valence electrons. The first-order valence-corrected chi connectivity index (χ1v) is 10.1. The van der Waals surface area contributed by atoms with Gasteiger partial charge in [0.15, 0.2) is 11.6 Å². The van der Waals surface area contributed by atoms with Crippen LogP contribution in [0.25, 0.3) is 10.4 Å². The maximum absolute atomic E-state index is 14.3. The molecule has 6 nitrogen and oxygen atoms in total. The molecule has 0 saturated carbocycles. The molecule has 1 heterocycles. The number of hydrogen-bond acceptors (Lipinski definition) is 4. The molecule has 1 amide bonds. The summed E-state index contributed by atoms with van der Waals surface area (Å²) in [7, 11) is 1.08. The predicted molar refractivity (Wildman–Crippen MR) is 110 cm³/mol. The van der Waals surface area contributed by atoms with E-state index in [-0.39, 0.29) is 16.9 Å². The van der Waals surface area contributed by atoms with Crippen molar-refractivity contribution in [2.24, 2.45) is 5.11 Å². The molecule has 1 saturated heterocycles. The third kappa shape index (κ3) is 4.46. The molecule has 0 aromatic heterocycles. The van der Waals surface area contributed by atoms with Crippen LogP contribution < -0.4 is 10.1 Å². The normalized spacial score (nSPS) is 22.8. The summed E-state index contributed by atoms with van der Waals surface area (Å²) in [6.45, 7) is 0.971. The summed E-state index contributed by atoms with van der Waals surface area (Å²) in [5.74, 6) is -4.91.